The van der Waals surface area contributed by atoms with Crippen LogP contribution < -0.4 is 4.74 Å². The first kappa shape index (κ1) is 20.0. The van der Waals surface area contributed by atoms with Crippen molar-refractivity contribution in [3.05, 3.63) is 57.9 Å². The van der Waals surface area contributed by atoms with E-state index in [1.807, 2.05) is 10.7 Å². The summed E-state index contributed by atoms with van der Waals surface area (Å²) in [7, 11) is 0. The zero-order valence-electron chi connectivity index (χ0n) is 15.7. The van der Waals surface area contributed by atoms with E-state index in [2.05, 4.69) is 49.3 Å². The molecule has 1 aliphatic rings. The summed E-state index contributed by atoms with van der Waals surface area (Å²) in [5, 5.41) is 6.91. The summed E-state index contributed by atoms with van der Waals surface area (Å²) in [6.45, 7) is 4.69. The summed E-state index contributed by atoms with van der Waals surface area (Å²) >= 11 is 13.5. The summed E-state index contributed by atoms with van der Waals surface area (Å²) in [5.74, 6) is 0.878. The van der Waals surface area contributed by atoms with Crippen LogP contribution in [0.25, 0.3) is 15.9 Å². The second kappa shape index (κ2) is 8.19. The Hall–Kier alpha value is -0.334. The third-order valence-corrected chi connectivity index (χ3v) is 7.94. The van der Waals surface area contributed by atoms with Crippen molar-refractivity contribution in [3.8, 4) is 5.75 Å². The van der Waals surface area contributed by atoms with E-state index in [9.17, 15) is 0 Å². The van der Waals surface area contributed by atoms with E-state index in [-0.39, 0.29) is 6.04 Å². The SMILES string of the molecule is CC(C)n1nc(Cl)c2cc(COc3ccc4c(c3)CC[C]([K])=C4Cl)ccc21. The van der Waals surface area contributed by atoms with Crippen LogP contribution in [0.5, 0.6) is 5.75 Å². The van der Waals surface area contributed by atoms with Crippen molar-refractivity contribution in [2.24, 2.45) is 0 Å². The average Bonchev–Trinajstić information content (AvgIpc) is 3.00. The molecule has 0 saturated carbocycles. The van der Waals surface area contributed by atoms with Gasteiger partial charge in [0.15, 0.2) is 0 Å². The first-order valence-corrected chi connectivity index (χ1v) is 11.5. The summed E-state index contributed by atoms with van der Waals surface area (Å²) in [6.07, 6.45) is 2.14. The van der Waals surface area contributed by atoms with Crippen LogP contribution in [-0.2, 0) is 13.0 Å². The molecular weight excluding hydrogens is 406 g/mol. The summed E-state index contributed by atoms with van der Waals surface area (Å²) in [6, 6.07) is 12.7. The van der Waals surface area contributed by atoms with Gasteiger partial charge in [-0.1, -0.05) is 11.6 Å². The molecule has 0 saturated heterocycles. The number of halogens is 2. The third kappa shape index (κ3) is 4.04. The number of nitrogens with zero attached hydrogens (tertiary/aromatic N) is 2. The fourth-order valence-electron chi connectivity index (χ4n) is 3.54. The van der Waals surface area contributed by atoms with E-state index in [4.69, 9.17) is 27.9 Å². The maximum atomic E-state index is 6.48. The molecule has 1 aromatic heterocycles. The first-order valence-electron chi connectivity index (χ1n) is 9.22. The molecule has 0 unspecified atom stereocenters. The van der Waals surface area contributed by atoms with Crippen LogP contribution in [-0.4, -0.2) is 58.7 Å². The molecule has 1 heterocycles. The Balaban J connectivity index is 1.55. The van der Waals surface area contributed by atoms with Crippen LogP contribution in [0.15, 0.2) is 36.1 Å². The Labute approximate surface area is 203 Å². The Kier molecular flexibility index (Phi) is 6.05. The van der Waals surface area contributed by atoms with E-state index in [0.29, 0.717) is 60.7 Å². The van der Waals surface area contributed by atoms with E-state index < -0.39 is 0 Å². The van der Waals surface area contributed by atoms with Crippen molar-refractivity contribution in [3.63, 3.8) is 0 Å². The van der Waals surface area contributed by atoms with Gasteiger partial charge in [-0.15, -0.1) is 0 Å². The summed E-state index contributed by atoms with van der Waals surface area (Å²) < 4.78 is 9.44. The molecule has 1 aliphatic carbocycles. The van der Waals surface area contributed by atoms with Crippen LogP contribution in [0.2, 0.25) is 5.15 Å². The average molecular weight is 425 g/mol. The number of hydrogen-bond acceptors (Lipinski definition) is 2. The molecule has 3 nitrogen and oxygen atoms in total. The van der Waals surface area contributed by atoms with E-state index in [1.54, 1.807) is 0 Å². The molecule has 134 valence electrons. The van der Waals surface area contributed by atoms with Gasteiger partial charge in [0.1, 0.15) is 0 Å². The van der Waals surface area contributed by atoms with Crippen LogP contribution in [0.1, 0.15) is 43.0 Å². The number of fused-ring (bicyclic) bond motifs is 2. The fourth-order valence-corrected chi connectivity index (χ4v) is 4.87. The minimum absolute atomic E-state index is 0.269. The predicted molar refractivity (Wildman–Crippen MR) is 113 cm³/mol. The molecule has 27 heavy (non-hydrogen) atoms. The maximum absolute atomic E-state index is 6.48. The van der Waals surface area contributed by atoms with Crippen molar-refractivity contribution in [1.29, 1.82) is 0 Å². The quantitative estimate of drug-likeness (QED) is 0.489. The zero-order valence-corrected chi connectivity index (χ0v) is 20.4. The molecule has 0 fully saturated rings. The van der Waals surface area contributed by atoms with Crippen LogP contribution >= 0.6 is 23.2 Å². The predicted octanol–water partition coefficient (Wildman–Crippen LogP) is 5.87. The number of rotatable bonds is 4. The molecule has 0 amide bonds. The minimum atomic E-state index is 0.269. The van der Waals surface area contributed by atoms with E-state index in [0.717, 1.165) is 40.1 Å². The molecule has 0 radical (unpaired) electrons. The van der Waals surface area contributed by atoms with Gasteiger partial charge >= 0.3 is 164 Å². The van der Waals surface area contributed by atoms with Gasteiger partial charge in [0, 0.05) is 6.04 Å². The van der Waals surface area contributed by atoms with Gasteiger partial charge in [0.2, 0.25) is 0 Å². The number of aromatic nitrogens is 2. The van der Waals surface area contributed by atoms with Gasteiger partial charge in [-0.3, -0.25) is 4.68 Å². The van der Waals surface area contributed by atoms with Crippen molar-refractivity contribution < 1.29 is 4.74 Å². The second-order valence-corrected chi connectivity index (χ2v) is 10.0. The zero-order chi connectivity index (χ0) is 19.1. The monoisotopic (exact) mass is 424 g/mol. The van der Waals surface area contributed by atoms with Crippen molar-refractivity contribution in [2.75, 3.05) is 0 Å². The van der Waals surface area contributed by atoms with Crippen molar-refractivity contribution >= 4 is 88.1 Å². The molecule has 0 spiro atoms. The van der Waals surface area contributed by atoms with Gasteiger partial charge in [-0.25, -0.2) is 0 Å². The van der Waals surface area contributed by atoms with E-state index >= 15 is 0 Å². The molecule has 0 atom stereocenters. The summed E-state index contributed by atoms with van der Waals surface area (Å²) in [5.41, 5.74) is 4.58. The molecule has 0 N–H and O–H groups in total. The number of hydrogen-bond donors (Lipinski definition) is 0. The van der Waals surface area contributed by atoms with E-state index in [1.165, 1.54) is 10.8 Å². The van der Waals surface area contributed by atoms with Crippen LogP contribution in [0.4, 0.5) is 0 Å². The molecule has 0 bridgehead atoms. The Bertz CT molecular complexity index is 1060. The molecule has 4 rings (SSSR count). The summed E-state index contributed by atoms with van der Waals surface area (Å²) in [4.78, 5) is 0. The second-order valence-electron chi connectivity index (χ2n) is 7.38. The molecule has 3 aromatic rings. The molecule has 2 aromatic carbocycles. The number of ether oxygens (including phenoxy) is 1. The molecule has 6 heteroatoms. The number of aryl methyl sites for hydroxylation is 1. The standard InChI is InChI=1S/C21H19Cl2N2O.K/c1-13(2)25-20-9-6-14(10-18(20)21(23)24-25)12-26-16-7-8-17-15(11-16)4-3-5-19(17)22;/h6-11,13H,3-4,12H2,1-2H3;. The van der Waals surface area contributed by atoms with Gasteiger partial charge in [0.05, 0.1) is 0 Å². The Morgan fingerprint density at radius 2 is 1.96 bits per heavy atom. The Morgan fingerprint density at radius 1 is 1.15 bits per heavy atom. The first-order chi connectivity index (χ1) is 12.9. The molecule has 0 aliphatic heterocycles. The van der Waals surface area contributed by atoms with Crippen molar-refractivity contribution in [2.45, 2.75) is 39.3 Å². The van der Waals surface area contributed by atoms with Crippen molar-refractivity contribution in [1.82, 2.24) is 9.78 Å². The van der Waals surface area contributed by atoms with Gasteiger partial charge in [0.25, 0.3) is 0 Å². The fraction of sp³-hybridized carbons (Fsp3) is 0.286. The topological polar surface area (TPSA) is 27.1 Å². The third-order valence-electron chi connectivity index (χ3n) is 5.08. The van der Waals surface area contributed by atoms with Gasteiger partial charge < -0.3 is 0 Å². The number of allylic oxidation sites excluding steroid dienone is 1. The van der Waals surface area contributed by atoms with Gasteiger partial charge in [-0.2, -0.15) is 5.10 Å². The van der Waals surface area contributed by atoms with Crippen LogP contribution in [0, 0.1) is 0 Å². The number of benzene rings is 2. The molecular formula is C21H19Cl2KN2O. The van der Waals surface area contributed by atoms with Gasteiger partial charge in [-0.05, 0) is 13.8 Å². The van der Waals surface area contributed by atoms with Crippen LogP contribution in [0.3, 0.4) is 0 Å². The normalized spacial score (nSPS) is 14.2. The Morgan fingerprint density at radius 3 is 2.74 bits per heavy atom.